The molecule has 0 atom stereocenters. The number of nitrogen functional groups attached to an aromatic ring is 1. The maximum Gasteiger partial charge on any atom is 0.289 e. The second kappa shape index (κ2) is 5.41. The number of aromatic hydroxyl groups is 1. The minimum Gasteiger partial charge on any atom is -0.505 e. The third kappa shape index (κ3) is 2.31. The smallest absolute Gasteiger partial charge is 0.289 e. The molecule has 0 bridgehead atoms. The van der Waals surface area contributed by atoms with Gasteiger partial charge in [-0.05, 0) is 12.1 Å². The largest absolute Gasteiger partial charge is 0.505 e. The fourth-order valence-corrected chi connectivity index (χ4v) is 1.65. The van der Waals surface area contributed by atoms with Crippen LogP contribution in [0.2, 0.25) is 0 Å². The summed E-state index contributed by atoms with van der Waals surface area (Å²) in [6, 6.07) is 7.51. The Hall–Kier alpha value is -2.87. The van der Waals surface area contributed by atoms with Crippen LogP contribution in [0.5, 0.6) is 11.5 Å². The van der Waals surface area contributed by atoms with Gasteiger partial charge in [0.2, 0.25) is 0 Å². The van der Waals surface area contributed by atoms with Gasteiger partial charge in [0.05, 0.1) is 7.11 Å². The van der Waals surface area contributed by atoms with E-state index in [1.807, 2.05) is 5.43 Å². The van der Waals surface area contributed by atoms with Crippen LogP contribution < -0.4 is 21.6 Å². The standard InChI is InChI=1S/C12H12N4O4/c1-20-9-5-3-2-4-7(9)16-10(18)6-8(17)11(15-16)12(19)14-13/h2-6,17H,13H2,1H3,(H,14,19). The summed E-state index contributed by atoms with van der Waals surface area (Å²) >= 11 is 0. The fraction of sp³-hybridized carbons (Fsp3) is 0.0833. The maximum absolute atomic E-state index is 11.9. The Kier molecular flexibility index (Phi) is 3.67. The molecule has 0 unspecified atom stereocenters. The van der Waals surface area contributed by atoms with E-state index >= 15 is 0 Å². The Morgan fingerprint density at radius 3 is 2.80 bits per heavy atom. The molecule has 0 saturated heterocycles. The molecule has 0 radical (unpaired) electrons. The van der Waals surface area contributed by atoms with Gasteiger partial charge >= 0.3 is 0 Å². The summed E-state index contributed by atoms with van der Waals surface area (Å²) in [5.74, 6) is 4.02. The van der Waals surface area contributed by atoms with Gasteiger partial charge in [0.1, 0.15) is 11.4 Å². The van der Waals surface area contributed by atoms with Gasteiger partial charge in [-0.25, -0.2) is 5.84 Å². The first-order valence-corrected chi connectivity index (χ1v) is 5.56. The number of ether oxygens (including phenoxy) is 1. The van der Waals surface area contributed by atoms with Crippen LogP contribution in [-0.4, -0.2) is 27.9 Å². The molecule has 104 valence electrons. The summed E-state index contributed by atoms with van der Waals surface area (Å²) in [6.07, 6.45) is 0. The van der Waals surface area contributed by atoms with Gasteiger partial charge in [-0.2, -0.15) is 9.78 Å². The first kappa shape index (κ1) is 13.6. The Bertz CT molecular complexity index is 711. The number of para-hydroxylation sites is 2. The minimum atomic E-state index is -0.814. The van der Waals surface area contributed by atoms with Crippen LogP contribution >= 0.6 is 0 Å². The summed E-state index contributed by atoms with van der Waals surface area (Å²) < 4.78 is 6.07. The molecule has 0 aliphatic rings. The summed E-state index contributed by atoms with van der Waals surface area (Å²) in [7, 11) is 1.44. The molecule has 2 aromatic rings. The summed E-state index contributed by atoms with van der Waals surface area (Å²) in [5.41, 5.74) is 1.21. The average molecular weight is 276 g/mol. The number of methoxy groups -OCH3 is 1. The summed E-state index contributed by atoms with van der Waals surface area (Å²) in [6.45, 7) is 0. The average Bonchev–Trinajstić information content (AvgIpc) is 2.46. The normalized spacial score (nSPS) is 10.1. The van der Waals surface area contributed by atoms with Gasteiger partial charge in [-0.3, -0.25) is 15.0 Å². The van der Waals surface area contributed by atoms with Crippen LogP contribution in [0.15, 0.2) is 35.1 Å². The van der Waals surface area contributed by atoms with Crippen molar-refractivity contribution in [2.45, 2.75) is 0 Å². The van der Waals surface area contributed by atoms with E-state index in [1.54, 1.807) is 24.3 Å². The molecule has 1 heterocycles. The van der Waals surface area contributed by atoms with Gasteiger partial charge in [-0.15, -0.1) is 0 Å². The zero-order valence-electron chi connectivity index (χ0n) is 10.5. The van der Waals surface area contributed by atoms with Gasteiger partial charge < -0.3 is 9.84 Å². The molecule has 0 saturated carbocycles. The van der Waals surface area contributed by atoms with E-state index in [0.717, 1.165) is 10.7 Å². The number of carbonyl (C=O) groups is 1. The number of nitrogens with one attached hydrogen (secondary N) is 1. The van der Waals surface area contributed by atoms with Crippen molar-refractivity contribution in [1.29, 1.82) is 0 Å². The molecule has 0 aliphatic heterocycles. The van der Waals surface area contributed by atoms with Crippen molar-refractivity contribution in [3.63, 3.8) is 0 Å². The molecule has 2 rings (SSSR count). The highest BCUT2D eigenvalue weighted by molar-refractivity contribution is 5.94. The second-order valence-electron chi connectivity index (χ2n) is 3.77. The van der Waals surface area contributed by atoms with Crippen LogP contribution in [0.25, 0.3) is 5.69 Å². The fourth-order valence-electron chi connectivity index (χ4n) is 1.65. The van der Waals surface area contributed by atoms with Crippen LogP contribution in [0.4, 0.5) is 0 Å². The highest BCUT2D eigenvalue weighted by Crippen LogP contribution is 2.21. The van der Waals surface area contributed by atoms with Gasteiger partial charge in [0.15, 0.2) is 11.4 Å². The van der Waals surface area contributed by atoms with Crippen LogP contribution in [-0.2, 0) is 0 Å². The number of hydrazine groups is 1. The van der Waals surface area contributed by atoms with Gasteiger partial charge in [-0.1, -0.05) is 12.1 Å². The predicted octanol–water partition coefficient (Wildman–Crippen LogP) is -0.450. The third-order valence-corrected chi connectivity index (χ3v) is 2.57. The number of hydrogen-bond acceptors (Lipinski definition) is 6. The summed E-state index contributed by atoms with van der Waals surface area (Å²) in [4.78, 5) is 23.4. The highest BCUT2D eigenvalue weighted by atomic mass is 16.5. The predicted molar refractivity (Wildman–Crippen MR) is 69.7 cm³/mol. The quantitative estimate of drug-likeness (QED) is 0.397. The van der Waals surface area contributed by atoms with Crippen molar-refractivity contribution in [2.75, 3.05) is 7.11 Å². The minimum absolute atomic E-state index is 0.339. The summed E-state index contributed by atoms with van der Waals surface area (Å²) in [5, 5.41) is 13.4. The van der Waals surface area contributed by atoms with Crippen molar-refractivity contribution in [2.24, 2.45) is 5.84 Å². The Labute approximate surface area is 113 Å². The van der Waals surface area contributed by atoms with Crippen molar-refractivity contribution in [1.82, 2.24) is 15.2 Å². The van der Waals surface area contributed by atoms with Crippen molar-refractivity contribution in [3.8, 4) is 17.2 Å². The number of amides is 1. The van der Waals surface area contributed by atoms with Crippen molar-refractivity contribution < 1.29 is 14.6 Å². The zero-order valence-corrected chi connectivity index (χ0v) is 10.5. The number of aromatic nitrogens is 2. The molecular weight excluding hydrogens is 264 g/mol. The van der Waals surface area contributed by atoms with Gasteiger partial charge in [0.25, 0.3) is 11.5 Å². The van der Waals surface area contributed by atoms with E-state index in [0.29, 0.717) is 11.4 Å². The van der Waals surface area contributed by atoms with E-state index in [1.165, 1.54) is 7.11 Å². The highest BCUT2D eigenvalue weighted by Gasteiger charge is 2.17. The lowest BCUT2D eigenvalue weighted by Crippen LogP contribution is -2.33. The molecule has 0 aliphatic carbocycles. The second-order valence-corrected chi connectivity index (χ2v) is 3.77. The third-order valence-electron chi connectivity index (χ3n) is 2.57. The lowest BCUT2D eigenvalue weighted by Gasteiger charge is -2.11. The van der Waals surface area contributed by atoms with E-state index in [9.17, 15) is 14.7 Å². The monoisotopic (exact) mass is 276 g/mol. The number of carbonyl (C=O) groups excluding carboxylic acids is 1. The van der Waals surface area contributed by atoms with Gasteiger partial charge in [0, 0.05) is 6.07 Å². The zero-order chi connectivity index (χ0) is 14.7. The van der Waals surface area contributed by atoms with Crippen LogP contribution in [0.1, 0.15) is 10.5 Å². The number of nitrogens with zero attached hydrogens (tertiary/aromatic N) is 2. The molecule has 4 N–H and O–H groups in total. The molecule has 8 nitrogen and oxygen atoms in total. The van der Waals surface area contributed by atoms with E-state index in [2.05, 4.69) is 5.10 Å². The topological polar surface area (TPSA) is 119 Å². The number of rotatable bonds is 3. The van der Waals surface area contributed by atoms with Crippen molar-refractivity contribution >= 4 is 5.91 Å². The Balaban J connectivity index is 2.68. The van der Waals surface area contributed by atoms with Crippen molar-refractivity contribution in [3.05, 3.63) is 46.4 Å². The molecule has 8 heteroatoms. The number of nitrogens with two attached hydrogens (primary N) is 1. The molecule has 0 spiro atoms. The van der Waals surface area contributed by atoms with E-state index in [4.69, 9.17) is 10.6 Å². The lowest BCUT2D eigenvalue weighted by atomic mass is 10.3. The van der Waals surface area contributed by atoms with Crippen LogP contribution in [0, 0.1) is 0 Å². The van der Waals surface area contributed by atoms with Crippen LogP contribution in [0.3, 0.4) is 0 Å². The molecule has 1 amide bonds. The molecule has 0 fully saturated rings. The van der Waals surface area contributed by atoms with E-state index in [-0.39, 0.29) is 5.69 Å². The number of benzene rings is 1. The molecule has 20 heavy (non-hydrogen) atoms. The molecular formula is C12H12N4O4. The molecule has 1 aromatic carbocycles. The number of hydrogen-bond donors (Lipinski definition) is 3. The Morgan fingerprint density at radius 1 is 1.45 bits per heavy atom. The van der Waals surface area contributed by atoms with E-state index < -0.39 is 17.2 Å². The SMILES string of the molecule is COc1ccccc1-n1nc(C(=O)NN)c(O)cc1=O. The molecule has 1 aromatic heterocycles. The lowest BCUT2D eigenvalue weighted by molar-refractivity contribution is 0.0943. The maximum atomic E-state index is 11.9. The first-order chi connectivity index (χ1) is 9.58. The first-order valence-electron chi connectivity index (χ1n) is 5.56. The Morgan fingerprint density at radius 2 is 2.15 bits per heavy atom.